The molecule has 2 aromatic carbocycles. The number of pyridine rings is 1. The number of fused-ring (bicyclic) bond motifs is 1. The molecule has 0 aliphatic rings. The maximum absolute atomic E-state index is 11.1. The van der Waals surface area contributed by atoms with Gasteiger partial charge in [-0.05, 0) is 68.3 Å². The van der Waals surface area contributed by atoms with Crippen molar-refractivity contribution in [3.05, 3.63) is 76.2 Å². The highest BCUT2D eigenvalue weighted by molar-refractivity contribution is 6.31. The molecule has 0 spiro atoms. The van der Waals surface area contributed by atoms with Gasteiger partial charge in [0.1, 0.15) is 11.6 Å². The molecule has 4 aromatic rings. The number of benzene rings is 2. The lowest BCUT2D eigenvalue weighted by atomic mass is 10.1. The van der Waals surface area contributed by atoms with Gasteiger partial charge in [-0.1, -0.05) is 17.7 Å². The summed E-state index contributed by atoms with van der Waals surface area (Å²) in [5, 5.41) is 9.75. The highest BCUT2D eigenvalue weighted by Crippen LogP contribution is 2.30. The van der Waals surface area contributed by atoms with Crippen LogP contribution in [-0.2, 0) is 6.54 Å². The topological polar surface area (TPSA) is 77.2 Å². The molecular weight excluding hydrogens is 414 g/mol. The van der Waals surface area contributed by atoms with Crippen molar-refractivity contribution in [3.63, 3.8) is 0 Å². The van der Waals surface area contributed by atoms with Crippen LogP contribution in [0, 0.1) is 13.8 Å². The third-order valence-electron chi connectivity index (χ3n) is 5.21. The summed E-state index contributed by atoms with van der Waals surface area (Å²) in [4.78, 5) is 20.2. The number of nitrogens with zero attached hydrogens (tertiary/aromatic N) is 3. The van der Waals surface area contributed by atoms with Gasteiger partial charge in [0.15, 0.2) is 0 Å². The van der Waals surface area contributed by atoms with Crippen molar-refractivity contribution < 1.29 is 14.6 Å². The van der Waals surface area contributed by atoms with Crippen LogP contribution in [0.4, 0.5) is 0 Å². The molecule has 4 rings (SSSR count). The Morgan fingerprint density at radius 1 is 1.16 bits per heavy atom. The minimum atomic E-state index is -0.994. The average Bonchev–Trinajstić information content (AvgIpc) is 3.06. The second-order valence-electron chi connectivity index (χ2n) is 7.33. The van der Waals surface area contributed by atoms with E-state index in [0.717, 1.165) is 39.3 Å². The van der Waals surface area contributed by atoms with Gasteiger partial charge in [0.25, 0.3) is 0 Å². The first kappa shape index (κ1) is 20.9. The van der Waals surface area contributed by atoms with Gasteiger partial charge in [-0.15, -0.1) is 0 Å². The minimum absolute atomic E-state index is 0.160. The minimum Gasteiger partial charge on any atom is -0.494 e. The first-order chi connectivity index (χ1) is 14.9. The number of aromatic carboxylic acids is 1. The van der Waals surface area contributed by atoms with E-state index in [-0.39, 0.29) is 5.56 Å². The van der Waals surface area contributed by atoms with Gasteiger partial charge in [0.05, 0.1) is 35.4 Å². The standard InChI is InChI=1S/C24H22ClN3O3/c1-4-31-19-7-5-17(20(25)11-19)13-28-15(3)27-23-14(2)9-18(10-22(23)28)21-8-6-16(12-26-21)24(29)30/h5-12H,4,13H2,1-3H3,(H,29,30). The Morgan fingerprint density at radius 2 is 1.97 bits per heavy atom. The van der Waals surface area contributed by atoms with Crippen LogP contribution in [-0.4, -0.2) is 32.2 Å². The highest BCUT2D eigenvalue weighted by atomic mass is 35.5. The molecule has 0 aliphatic heterocycles. The first-order valence-electron chi connectivity index (χ1n) is 9.95. The Morgan fingerprint density at radius 3 is 2.61 bits per heavy atom. The third-order valence-corrected chi connectivity index (χ3v) is 5.56. The predicted octanol–water partition coefficient (Wildman–Crippen LogP) is 5.51. The lowest BCUT2D eigenvalue weighted by Gasteiger charge is -2.12. The van der Waals surface area contributed by atoms with Crippen LogP contribution in [0.15, 0.2) is 48.7 Å². The number of hydrogen-bond donors (Lipinski definition) is 1. The van der Waals surface area contributed by atoms with E-state index in [1.54, 1.807) is 12.1 Å². The van der Waals surface area contributed by atoms with Crippen LogP contribution < -0.4 is 4.74 Å². The summed E-state index contributed by atoms with van der Waals surface area (Å²) in [5.74, 6) is 0.637. The zero-order valence-electron chi connectivity index (χ0n) is 17.5. The maximum atomic E-state index is 11.1. The molecule has 2 heterocycles. The number of aryl methyl sites for hydroxylation is 2. The summed E-state index contributed by atoms with van der Waals surface area (Å²) in [6, 6.07) is 13.1. The van der Waals surface area contributed by atoms with Crippen LogP contribution in [0.5, 0.6) is 5.75 Å². The molecule has 0 radical (unpaired) electrons. The number of ether oxygens (including phenoxy) is 1. The SMILES string of the molecule is CCOc1ccc(Cn2c(C)nc3c(C)cc(-c4ccc(C(=O)O)cn4)cc32)c(Cl)c1. The van der Waals surface area contributed by atoms with Gasteiger partial charge in [0.2, 0.25) is 0 Å². The van der Waals surface area contributed by atoms with Gasteiger partial charge in [-0.2, -0.15) is 0 Å². The molecule has 2 aromatic heterocycles. The fourth-order valence-corrected chi connectivity index (χ4v) is 3.86. The van der Waals surface area contributed by atoms with Crippen molar-refractivity contribution in [1.82, 2.24) is 14.5 Å². The van der Waals surface area contributed by atoms with E-state index in [9.17, 15) is 4.79 Å². The van der Waals surface area contributed by atoms with Gasteiger partial charge in [0, 0.05) is 16.8 Å². The van der Waals surface area contributed by atoms with Crippen molar-refractivity contribution in [3.8, 4) is 17.0 Å². The molecule has 0 fully saturated rings. The summed E-state index contributed by atoms with van der Waals surface area (Å²) in [7, 11) is 0. The fourth-order valence-electron chi connectivity index (χ4n) is 3.63. The number of carbonyl (C=O) groups is 1. The van der Waals surface area contributed by atoms with Gasteiger partial charge in [-0.25, -0.2) is 9.78 Å². The number of hydrogen-bond acceptors (Lipinski definition) is 4. The van der Waals surface area contributed by atoms with E-state index in [1.807, 2.05) is 51.1 Å². The smallest absolute Gasteiger partial charge is 0.337 e. The summed E-state index contributed by atoms with van der Waals surface area (Å²) in [6.45, 7) is 7.08. The number of halogens is 1. The Hall–Kier alpha value is -3.38. The Labute approximate surface area is 185 Å². The monoisotopic (exact) mass is 435 g/mol. The van der Waals surface area contributed by atoms with E-state index in [0.29, 0.717) is 23.9 Å². The highest BCUT2D eigenvalue weighted by Gasteiger charge is 2.15. The van der Waals surface area contributed by atoms with Crippen molar-refractivity contribution >= 4 is 28.6 Å². The average molecular weight is 436 g/mol. The summed E-state index contributed by atoms with van der Waals surface area (Å²) in [6.07, 6.45) is 1.37. The number of imidazole rings is 1. The van der Waals surface area contributed by atoms with Crippen molar-refractivity contribution in [2.75, 3.05) is 6.61 Å². The van der Waals surface area contributed by atoms with E-state index in [2.05, 4.69) is 9.55 Å². The largest absolute Gasteiger partial charge is 0.494 e. The molecular formula is C24H22ClN3O3. The predicted molar refractivity (Wildman–Crippen MR) is 121 cm³/mol. The first-order valence-corrected chi connectivity index (χ1v) is 10.3. The lowest BCUT2D eigenvalue weighted by molar-refractivity contribution is 0.0696. The second-order valence-corrected chi connectivity index (χ2v) is 7.74. The second kappa shape index (κ2) is 8.40. The Kier molecular flexibility index (Phi) is 5.65. The molecule has 0 amide bonds. The van der Waals surface area contributed by atoms with Crippen molar-refractivity contribution in [1.29, 1.82) is 0 Å². The van der Waals surface area contributed by atoms with Crippen LogP contribution in [0.3, 0.4) is 0 Å². The molecule has 6 nitrogen and oxygen atoms in total. The van der Waals surface area contributed by atoms with Crippen LogP contribution >= 0.6 is 11.6 Å². The Balaban J connectivity index is 1.76. The maximum Gasteiger partial charge on any atom is 0.337 e. The van der Waals surface area contributed by atoms with E-state index in [1.165, 1.54) is 6.20 Å². The number of rotatable bonds is 6. The third kappa shape index (κ3) is 4.11. The van der Waals surface area contributed by atoms with E-state index in [4.69, 9.17) is 26.4 Å². The van der Waals surface area contributed by atoms with Gasteiger partial charge >= 0.3 is 5.97 Å². The zero-order chi connectivity index (χ0) is 22.1. The van der Waals surface area contributed by atoms with Crippen LogP contribution in [0.1, 0.15) is 34.2 Å². The number of carboxylic acids is 1. The molecule has 158 valence electrons. The summed E-state index contributed by atoms with van der Waals surface area (Å²) in [5.41, 5.74) is 5.66. The Bertz CT molecular complexity index is 1280. The van der Waals surface area contributed by atoms with Crippen LogP contribution in [0.25, 0.3) is 22.3 Å². The molecule has 7 heteroatoms. The fraction of sp³-hybridized carbons (Fsp3) is 0.208. The molecule has 0 saturated heterocycles. The lowest BCUT2D eigenvalue weighted by Crippen LogP contribution is -2.03. The molecule has 0 aliphatic carbocycles. The normalized spacial score (nSPS) is 11.1. The van der Waals surface area contributed by atoms with E-state index >= 15 is 0 Å². The number of carboxylic acid groups (broad SMARTS) is 1. The van der Waals surface area contributed by atoms with Crippen molar-refractivity contribution in [2.45, 2.75) is 27.3 Å². The molecule has 0 atom stereocenters. The van der Waals surface area contributed by atoms with E-state index < -0.39 is 5.97 Å². The van der Waals surface area contributed by atoms with Crippen LogP contribution in [0.2, 0.25) is 5.02 Å². The molecule has 0 saturated carbocycles. The molecule has 0 unspecified atom stereocenters. The number of aromatic nitrogens is 3. The van der Waals surface area contributed by atoms with Crippen molar-refractivity contribution in [2.24, 2.45) is 0 Å². The zero-order valence-corrected chi connectivity index (χ0v) is 18.3. The summed E-state index contributed by atoms with van der Waals surface area (Å²) < 4.78 is 7.65. The summed E-state index contributed by atoms with van der Waals surface area (Å²) >= 11 is 6.51. The molecule has 31 heavy (non-hydrogen) atoms. The molecule has 0 bridgehead atoms. The quantitative estimate of drug-likeness (QED) is 0.432. The van der Waals surface area contributed by atoms with Gasteiger partial charge < -0.3 is 14.4 Å². The molecule has 1 N–H and O–H groups in total. The van der Waals surface area contributed by atoms with Gasteiger partial charge in [-0.3, -0.25) is 4.98 Å².